The van der Waals surface area contributed by atoms with Crippen molar-refractivity contribution in [3.05, 3.63) is 24.8 Å². The van der Waals surface area contributed by atoms with Crippen LogP contribution < -0.4 is 0 Å². The van der Waals surface area contributed by atoms with Gasteiger partial charge in [-0.05, 0) is 192 Å². The van der Waals surface area contributed by atoms with Crippen LogP contribution in [0.15, 0.2) is 24.8 Å². The summed E-state index contributed by atoms with van der Waals surface area (Å²) in [6, 6.07) is 0. The van der Waals surface area contributed by atoms with Crippen molar-refractivity contribution in [2.75, 3.05) is 26.4 Å². The average Bonchev–Trinajstić information content (AvgIpc) is 4.37. The van der Waals surface area contributed by atoms with E-state index in [1.165, 1.54) is 199 Å². The number of hydrogen-bond donors (Lipinski definition) is 0. The second-order valence-electron chi connectivity index (χ2n) is 27.4. The van der Waals surface area contributed by atoms with E-state index in [-0.39, 0.29) is 23.9 Å². The second-order valence-corrected chi connectivity index (χ2v) is 27.4. The number of esters is 4. The molecule has 12 unspecified atom stereocenters. The van der Waals surface area contributed by atoms with Crippen LogP contribution in [0, 0.1) is 94.7 Å². The molecule has 7 aliphatic rings. The van der Waals surface area contributed by atoms with Crippen molar-refractivity contribution in [3.8, 4) is 0 Å². The number of unbranched alkanes of at least 4 members (excludes halogenated alkanes) is 18. The molecule has 0 N–H and O–H groups in total. The molecule has 0 aliphatic heterocycles. The van der Waals surface area contributed by atoms with E-state index in [1.54, 1.807) is 6.92 Å². The fraction of sp³-hybridized carbons (Fsp3) is 0.884. The lowest BCUT2D eigenvalue weighted by Gasteiger charge is -2.44. The van der Waals surface area contributed by atoms with E-state index in [2.05, 4.69) is 27.0 Å². The minimum Gasteiger partial charge on any atom is -0.465 e. The first kappa shape index (κ1) is 62.0. The number of fused-ring (bicyclic) bond motifs is 10. The fourth-order valence-corrected chi connectivity index (χ4v) is 18.3. The maximum atomic E-state index is 12.9. The molecule has 0 aromatic heterocycles. The Bertz CT molecular complexity index is 1790. The Labute approximate surface area is 470 Å². The van der Waals surface area contributed by atoms with Crippen molar-refractivity contribution in [3.63, 3.8) is 0 Å². The highest BCUT2D eigenvalue weighted by Crippen LogP contribution is 2.63. The van der Waals surface area contributed by atoms with Gasteiger partial charge in [-0.3, -0.25) is 9.59 Å². The van der Waals surface area contributed by atoms with Gasteiger partial charge in [0.05, 0.1) is 26.4 Å². The van der Waals surface area contributed by atoms with Crippen LogP contribution in [0.2, 0.25) is 0 Å². The quantitative estimate of drug-likeness (QED) is 0.0259. The highest BCUT2D eigenvalue weighted by molar-refractivity contribution is 5.86. The van der Waals surface area contributed by atoms with Crippen LogP contribution in [-0.4, -0.2) is 50.3 Å². The van der Waals surface area contributed by atoms with Crippen molar-refractivity contribution >= 4 is 23.9 Å². The van der Waals surface area contributed by atoms with Crippen LogP contribution in [0.3, 0.4) is 0 Å². The number of rotatable bonds is 40. The minimum absolute atomic E-state index is 0.00657. The number of ether oxygens (including phenoxy) is 4. The molecule has 0 amide bonds. The molecule has 4 bridgehead atoms. The van der Waals surface area contributed by atoms with Gasteiger partial charge < -0.3 is 18.9 Å². The Morgan fingerprint density at radius 1 is 0.416 bits per heavy atom. The average molecular weight is 1070 g/mol. The molecule has 0 saturated heterocycles. The standard InChI is InChI=1S/C69H114O8/c1-6-9-11-13-18-23-29-52-35-36-53(30-24-19-14-16-21-27-33-67(71)76-48-57-42-55-44-63(57)65-40-51(38-61(55)65)46-77-69(73)49(4)5)59(58(52)31-25-12-10-7-2)32-26-20-15-17-22-28-34-68(72)75-47-56-41-54-43-62(56)64-39-50(37-60(54)64)45-74-66(70)8-3/h8,50-65H,3-4,6-7,9-48H2,1-2,5H3/t50?,51?,52?,53?,54?,55?,56?,57?,58?,59?,60-,61+,62?,63?,64-,65+/m0/s1. The SMILES string of the molecule is C=CC(=O)OCC1C[C@@H]2C3CC(CC3COC(=O)CCCCCCCCC3C(CCCCCCCCC(=O)OCC4CC5CC4[C@@H]4CC(COC(=O)C(=C)C)C[C@H]54)CCC(CCCCCCCC)C3CCCCCC)[C@@H]2C1. The van der Waals surface area contributed by atoms with Gasteiger partial charge in [-0.1, -0.05) is 168 Å². The summed E-state index contributed by atoms with van der Waals surface area (Å²) in [5, 5.41) is 0. The summed E-state index contributed by atoms with van der Waals surface area (Å²) in [5.41, 5.74) is 0.477. The molecule has 7 aliphatic carbocycles. The molecule has 7 rings (SSSR count). The van der Waals surface area contributed by atoms with Gasteiger partial charge in [-0.15, -0.1) is 0 Å². The minimum atomic E-state index is -0.311. The van der Waals surface area contributed by atoms with Crippen molar-refractivity contribution in [1.82, 2.24) is 0 Å². The summed E-state index contributed by atoms with van der Waals surface area (Å²) >= 11 is 0. The largest absolute Gasteiger partial charge is 0.465 e. The molecule has 0 heterocycles. The molecule has 7 saturated carbocycles. The van der Waals surface area contributed by atoms with Crippen LogP contribution in [-0.2, 0) is 38.1 Å². The molecule has 0 aromatic rings. The van der Waals surface area contributed by atoms with Crippen LogP contribution >= 0.6 is 0 Å². The van der Waals surface area contributed by atoms with Crippen LogP contribution in [0.4, 0.5) is 0 Å². The molecular formula is C69H114O8. The van der Waals surface area contributed by atoms with E-state index >= 15 is 0 Å². The summed E-state index contributed by atoms with van der Waals surface area (Å²) in [6.45, 7) is 15.9. The summed E-state index contributed by atoms with van der Waals surface area (Å²) in [5.74, 6) is 10.8. The predicted molar refractivity (Wildman–Crippen MR) is 311 cm³/mol. The van der Waals surface area contributed by atoms with Gasteiger partial charge in [0.25, 0.3) is 0 Å². The summed E-state index contributed by atoms with van der Waals surface area (Å²) < 4.78 is 22.8. The molecule has 7 fully saturated rings. The third kappa shape index (κ3) is 19.0. The van der Waals surface area contributed by atoms with Crippen molar-refractivity contribution < 1.29 is 38.1 Å². The van der Waals surface area contributed by atoms with E-state index in [4.69, 9.17) is 18.9 Å². The van der Waals surface area contributed by atoms with Gasteiger partial charge in [0, 0.05) is 24.5 Å². The molecule has 0 aromatic carbocycles. The Kier molecular flexibility index (Phi) is 26.8. The number of carbonyl (C=O) groups excluding carboxylic acids is 4. The lowest BCUT2D eigenvalue weighted by Crippen LogP contribution is -2.35. The fourth-order valence-electron chi connectivity index (χ4n) is 18.3. The van der Waals surface area contributed by atoms with Crippen molar-refractivity contribution in [2.24, 2.45) is 94.7 Å². The molecule has 77 heavy (non-hydrogen) atoms. The number of hydrogen-bond acceptors (Lipinski definition) is 8. The Hall–Kier alpha value is -2.64. The van der Waals surface area contributed by atoms with E-state index < -0.39 is 0 Å². The first-order valence-electron chi connectivity index (χ1n) is 33.5. The zero-order valence-corrected chi connectivity index (χ0v) is 49.7. The summed E-state index contributed by atoms with van der Waals surface area (Å²) in [7, 11) is 0. The lowest BCUT2D eigenvalue weighted by atomic mass is 9.61. The van der Waals surface area contributed by atoms with E-state index in [0.29, 0.717) is 92.2 Å². The molecule has 0 spiro atoms. The van der Waals surface area contributed by atoms with Gasteiger partial charge in [0.2, 0.25) is 0 Å². The van der Waals surface area contributed by atoms with E-state index in [9.17, 15) is 19.2 Å². The topological polar surface area (TPSA) is 105 Å². The maximum Gasteiger partial charge on any atom is 0.333 e. The normalized spacial score (nSPS) is 32.5. The van der Waals surface area contributed by atoms with Gasteiger partial charge in [-0.25, -0.2) is 9.59 Å². The predicted octanol–water partition coefficient (Wildman–Crippen LogP) is 17.7. The smallest absolute Gasteiger partial charge is 0.333 e. The highest BCUT2D eigenvalue weighted by Gasteiger charge is 2.57. The van der Waals surface area contributed by atoms with Gasteiger partial charge in [0.1, 0.15) is 0 Å². The summed E-state index contributed by atoms with van der Waals surface area (Å²) in [6.07, 6.45) is 49.2. The number of carbonyl (C=O) groups is 4. The maximum absolute atomic E-state index is 12.9. The Morgan fingerprint density at radius 3 is 1.25 bits per heavy atom. The zero-order chi connectivity index (χ0) is 54.4. The zero-order valence-electron chi connectivity index (χ0n) is 49.7. The van der Waals surface area contributed by atoms with E-state index in [0.717, 1.165) is 85.9 Å². The molecule has 8 heteroatoms. The van der Waals surface area contributed by atoms with Gasteiger partial charge in [0.15, 0.2) is 0 Å². The monoisotopic (exact) mass is 1070 g/mol. The second kappa shape index (κ2) is 33.3. The molecule has 0 radical (unpaired) electrons. The summed E-state index contributed by atoms with van der Waals surface area (Å²) in [4.78, 5) is 49.4. The molecule has 8 nitrogen and oxygen atoms in total. The first-order valence-corrected chi connectivity index (χ1v) is 33.5. The van der Waals surface area contributed by atoms with Crippen LogP contribution in [0.1, 0.15) is 265 Å². The third-order valence-electron chi connectivity index (χ3n) is 22.1. The Morgan fingerprint density at radius 2 is 0.805 bits per heavy atom. The lowest BCUT2D eigenvalue weighted by molar-refractivity contribution is -0.147. The third-order valence-corrected chi connectivity index (χ3v) is 22.1. The highest BCUT2D eigenvalue weighted by atomic mass is 16.5. The van der Waals surface area contributed by atoms with Gasteiger partial charge in [-0.2, -0.15) is 0 Å². The molecule has 438 valence electrons. The van der Waals surface area contributed by atoms with Crippen molar-refractivity contribution in [1.29, 1.82) is 0 Å². The molecular weight excluding hydrogens is 957 g/mol. The molecule has 16 atom stereocenters. The Balaban J connectivity index is 0.762. The van der Waals surface area contributed by atoms with E-state index in [1.807, 2.05) is 0 Å². The van der Waals surface area contributed by atoms with Crippen molar-refractivity contribution in [2.45, 2.75) is 265 Å². The van der Waals surface area contributed by atoms with Crippen LogP contribution in [0.25, 0.3) is 0 Å². The van der Waals surface area contributed by atoms with Crippen LogP contribution in [0.5, 0.6) is 0 Å². The first-order chi connectivity index (χ1) is 37.6. The van der Waals surface area contributed by atoms with Gasteiger partial charge >= 0.3 is 23.9 Å².